The minimum Gasteiger partial charge on any atom is -0.497 e. The summed E-state index contributed by atoms with van der Waals surface area (Å²) < 4.78 is 5.31. The topological polar surface area (TPSA) is 49.9 Å². The molecule has 0 aromatic heterocycles. The summed E-state index contributed by atoms with van der Waals surface area (Å²) in [4.78, 5) is 30.0. The molecule has 1 aromatic carbocycles. The lowest BCUT2D eigenvalue weighted by Crippen LogP contribution is -2.50. The maximum absolute atomic E-state index is 13.4. The first-order chi connectivity index (χ1) is 13.4. The molecule has 1 unspecified atom stereocenters. The smallest absolute Gasteiger partial charge is 0.230 e. The molecule has 5 nitrogen and oxygen atoms in total. The van der Waals surface area contributed by atoms with Crippen LogP contribution in [0.2, 0.25) is 0 Å². The van der Waals surface area contributed by atoms with Crippen LogP contribution in [0.15, 0.2) is 24.3 Å². The Bertz CT molecular complexity index is 758. The van der Waals surface area contributed by atoms with E-state index in [0.29, 0.717) is 24.9 Å². The molecular formula is C23H32N2O3. The number of hydrogen-bond donors (Lipinski definition) is 0. The molecule has 3 aliphatic rings. The van der Waals surface area contributed by atoms with Crippen LogP contribution in [-0.4, -0.2) is 48.4 Å². The molecule has 2 heterocycles. The number of amides is 2. The van der Waals surface area contributed by atoms with Gasteiger partial charge in [-0.2, -0.15) is 0 Å². The standard InChI is InChI=1S/C23H32N2O3/c1-22(10-11-22)9-7-20(26)25-14-12-23(17-25)8-4-13-24(21(23)27)16-18-5-3-6-19(15-18)28-2/h3,5-6,15H,4,7-14,16-17H2,1-2H3. The molecule has 1 saturated carbocycles. The second-order valence-corrected chi connectivity index (χ2v) is 9.34. The first kappa shape index (κ1) is 19.3. The average molecular weight is 385 g/mol. The maximum Gasteiger partial charge on any atom is 0.230 e. The van der Waals surface area contributed by atoms with Gasteiger partial charge in [-0.3, -0.25) is 9.59 Å². The number of rotatable bonds is 6. The first-order valence-electron chi connectivity index (χ1n) is 10.6. The molecule has 0 N–H and O–H groups in total. The van der Waals surface area contributed by atoms with Gasteiger partial charge in [0.25, 0.3) is 0 Å². The van der Waals surface area contributed by atoms with Gasteiger partial charge in [0.05, 0.1) is 12.5 Å². The van der Waals surface area contributed by atoms with Gasteiger partial charge in [0.2, 0.25) is 11.8 Å². The minimum absolute atomic E-state index is 0.228. The van der Waals surface area contributed by atoms with Gasteiger partial charge in [0.15, 0.2) is 0 Å². The van der Waals surface area contributed by atoms with Crippen molar-refractivity contribution in [1.82, 2.24) is 9.80 Å². The Hall–Kier alpha value is -2.04. The third-order valence-corrected chi connectivity index (χ3v) is 7.08. The summed E-state index contributed by atoms with van der Waals surface area (Å²) >= 11 is 0. The Morgan fingerprint density at radius 3 is 2.75 bits per heavy atom. The third-order valence-electron chi connectivity index (χ3n) is 7.08. The van der Waals surface area contributed by atoms with Crippen LogP contribution in [0.1, 0.15) is 57.4 Å². The largest absolute Gasteiger partial charge is 0.497 e. The van der Waals surface area contributed by atoms with E-state index in [1.165, 1.54) is 12.8 Å². The third kappa shape index (κ3) is 3.89. The lowest BCUT2D eigenvalue weighted by Gasteiger charge is -2.39. The molecule has 2 saturated heterocycles. The summed E-state index contributed by atoms with van der Waals surface area (Å²) in [5.41, 5.74) is 1.13. The number of piperidine rings is 1. The summed E-state index contributed by atoms with van der Waals surface area (Å²) in [6.07, 6.45) is 6.85. The van der Waals surface area contributed by atoms with Gasteiger partial charge in [-0.25, -0.2) is 0 Å². The van der Waals surface area contributed by atoms with Crippen LogP contribution in [0, 0.1) is 10.8 Å². The van der Waals surface area contributed by atoms with Crippen LogP contribution >= 0.6 is 0 Å². The quantitative estimate of drug-likeness (QED) is 0.753. The van der Waals surface area contributed by atoms with E-state index < -0.39 is 0 Å². The van der Waals surface area contributed by atoms with Crippen LogP contribution in [-0.2, 0) is 16.1 Å². The highest BCUT2D eigenvalue weighted by Gasteiger charge is 2.49. The highest BCUT2D eigenvalue weighted by molar-refractivity contribution is 5.86. The highest BCUT2D eigenvalue weighted by Crippen LogP contribution is 2.49. The van der Waals surface area contributed by atoms with Crippen LogP contribution in [0.5, 0.6) is 5.75 Å². The van der Waals surface area contributed by atoms with E-state index in [9.17, 15) is 9.59 Å². The molecule has 2 amide bonds. The van der Waals surface area contributed by atoms with Gasteiger partial charge in [0, 0.05) is 32.6 Å². The monoisotopic (exact) mass is 384 g/mol. The Morgan fingerprint density at radius 1 is 1.18 bits per heavy atom. The fourth-order valence-corrected chi connectivity index (χ4v) is 4.79. The first-order valence-corrected chi connectivity index (χ1v) is 10.6. The van der Waals surface area contributed by atoms with Crippen molar-refractivity contribution in [3.63, 3.8) is 0 Å². The highest BCUT2D eigenvalue weighted by atomic mass is 16.5. The van der Waals surface area contributed by atoms with Gasteiger partial charge >= 0.3 is 0 Å². The van der Waals surface area contributed by atoms with E-state index in [0.717, 1.165) is 50.1 Å². The van der Waals surface area contributed by atoms with Crippen molar-refractivity contribution < 1.29 is 14.3 Å². The number of hydrogen-bond acceptors (Lipinski definition) is 3. The molecule has 1 atom stereocenters. The maximum atomic E-state index is 13.4. The predicted octanol–water partition coefficient (Wildman–Crippen LogP) is 3.62. The van der Waals surface area contributed by atoms with E-state index in [1.807, 2.05) is 34.1 Å². The molecular weight excluding hydrogens is 352 g/mol. The zero-order chi connectivity index (χ0) is 19.8. The molecule has 3 fully saturated rings. The molecule has 5 heteroatoms. The van der Waals surface area contributed by atoms with Crippen LogP contribution in [0.4, 0.5) is 0 Å². The molecule has 4 rings (SSSR count). The molecule has 28 heavy (non-hydrogen) atoms. The van der Waals surface area contributed by atoms with Crippen LogP contribution in [0.3, 0.4) is 0 Å². The lowest BCUT2D eigenvalue weighted by atomic mass is 9.78. The van der Waals surface area contributed by atoms with E-state index in [2.05, 4.69) is 6.92 Å². The van der Waals surface area contributed by atoms with Crippen molar-refractivity contribution in [2.24, 2.45) is 10.8 Å². The van der Waals surface area contributed by atoms with Crippen molar-refractivity contribution in [3.05, 3.63) is 29.8 Å². The molecule has 1 aromatic rings. The van der Waals surface area contributed by atoms with Crippen molar-refractivity contribution >= 4 is 11.8 Å². The number of carbonyl (C=O) groups excluding carboxylic acids is 2. The molecule has 0 bridgehead atoms. The molecule has 2 aliphatic heterocycles. The van der Waals surface area contributed by atoms with Crippen molar-refractivity contribution in [2.45, 2.75) is 58.4 Å². The van der Waals surface area contributed by atoms with Crippen molar-refractivity contribution in [3.8, 4) is 5.75 Å². The van der Waals surface area contributed by atoms with E-state index in [4.69, 9.17) is 4.74 Å². The number of methoxy groups -OCH3 is 1. The molecule has 1 spiro atoms. The van der Waals surface area contributed by atoms with Crippen molar-refractivity contribution in [1.29, 1.82) is 0 Å². The normalized spacial score (nSPS) is 26.0. The second kappa shape index (κ2) is 7.41. The van der Waals surface area contributed by atoms with E-state index in [1.54, 1.807) is 7.11 Å². The Morgan fingerprint density at radius 2 is 2.00 bits per heavy atom. The molecule has 1 aliphatic carbocycles. The summed E-state index contributed by atoms with van der Waals surface area (Å²) in [6, 6.07) is 7.93. The number of likely N-dealkylation sites (tertiary alicyclic amines) is 2. The number of benzene rings is 1. The van der Waals surface area contributed by atoms with E-state index >= 15 is 0 Å². The Balaban J connectivity index is 1.39. The fraction of sp³-hybridized carbons (Fsp3) is 0.652. The summed E-state index contributed by atoms with van der Waals surface area (Å²) in [6.45, 7) is 5.02. The lowest BCUT2D eigenvalue weighted by molar-refractivity contribution is -0.146. The van der Waals surface area contributed by atoms with Gasteiger partial charge in [-0.15, -0.1) is 0 Å². The summed E-state index contributed by atoms with van der Waals surface area (Å²) in [7, 11) is 1.66. The minimum atomic E-state index is -0.365. The van der Waals surface area contributed by atoms with Gasteiger partial charge in [-0.05, 0) is 61.6 Å². The van der Waals surface area contributed by atoms with Gasteiger partial charge < -0.3 is 14.5 Å². The Labute approximate surface area is 168 Å². The predicted molar refractivity (Wildman–Crippen MR) is 108 cm³/mol. The van der Waals surface area contributed by atoms with Gasteiger partial charge in [-0.1, -0.05) is 19.1 Å². The summed E-state index contributed by atoms with van der Waals surface area (Å²) in [5, 5.41) is 0. The van der Waals surface area contributed by atoms with Crippen LogP contribution in [0.25, 0.3) is 0 Å². The summed E-state index contributed by atoms with van der Waals surface area (Å²) in [5.74, 6) is 1.28. The molecule has 0 radical (unpaired) electrons. The Kier molecular flexibility index (Phi) is 5.11. The second-order valence-electron chi connectivity index (χ2n) is 9.34. The fourth-order valence-electron chi connectivity index (χ4n) is 4.79. The van der Waals surface area contributed by atoms with E-state index in [-0.39, 0.29) is 17.2 Å². The molecule has 152 valence electrons. The van der Waals surface area contributed by atoms with Crippen molar-refractivity contribution in [2.75, 3.05) is 26.7 Å². The number of nitrogens with zero attached hydrogens (tertiary/aromatic N) is 2. The van der Waals surface area contributed by atoms with Gasteiger partial charge in [0.1, 0.15) is 5.75 Å². The van der Waals surface area contributed by atoms with Crippen LogP contribution < -0.4 is 4.74 Å². The zero-order valence-electron chi connectivity index (χ0n) is 17.2. The average Bonchev–Trinajstić information content (AvgIpc) is 3.29. The zero-order valence-corrected chi connectivity index (χ0v) is 17.2. The number of carbonyl (C=O) groups is 2. The SMILES string of the molecule is COc1cccc(CN2CCCC3(CCN(C(=O)CCC4(C)CC4)C3)C2=O)c1. The number of ether oxygens (including phenoxy) is 1.